The maximum absolute atomic E-state index is 5.33. The van der Waals surface area contributed by atoms with Gasteiger partial charge in [-0.1, -0.05) is 0 Å². The molecule has 0 N–H and O–H groups in total. The van der Waals surface area contributed by atoms with Crippen molar-refractivity contribution in [1.29, 1.82) is 0 Å². The van der Waals surface area contributed by atoms with Crippen LogP contribution in [0.25, 0.3) is 0 Å². The maximum Gasteiger partial charge on any atom is 0.0230 e. The molecule has 1 nitrogen and oxygen atoms in total. The third kappa shape index (κ3) is 1.28. The fourth-order valence-electron chi connectivity index (χ4n) is 2.13. The van der Waals surface area contributed by atoms with E-state index in [1.54, 1.807) is 0 Å². The lowest BCUT2D eigenvalue weighted by Gasteiger charge is -2.38. The number of hydrogen-bond acceptors (Lipinski definition) is 1. The van der Waals surface area contributed by atoms with E-state index >= 15 is 0 Å². The van der Waals surface area contributed by atoms with Crippen molar-refractivity contribution in [3.8, 4) is 12.3 Å². The number of rotatable bonds is 1. The first-order valence-corrected chi connectivity index (χ1v) is 4.60. The lowest BCUT2D eigenvalue weighted by Crippen LogP contribution is -2.42. The van der Waals surface area contributed by atoms with Gasteiger partial charge in [0, 0.05) is 12.0 Å². The van der Waals surface area contributed by atoms with Crippen LogP contribution in [0.1, 0.15) is 25.7 Å². The Morgan fingerprint density at radius 3 is 2.36 bits per heavy atom. The van der Waals surface area contributed by atoms with Gasteiger partial charge in [-0.05, 0) is 38.8 Å². The molecule has 0 radical (unpaired) electrons. The molecule has 0 aromatic heterocycles. The molecule has 2 aliphatic rings. The minimum atomic E-state index is 0.598. The average Bonchev–Trinajstić information content (AvgIpc) is 2.37. The highest BCUT2D eigenvalue weighted by atomic mass is 15.2. The van der Waals surface area contributed by atoms with Crippen molar-refractivity contribution in [2.24, 2.45) is 5.92 Å². The summed E-state index contributed by atoms with van der Waals surface area (Å²) < 4.78 is 0. The van der Waals surface area contributed by atoms with Gasteiger partial charge in [0.2, 0.25) is 0 Å². The van der Waals surface area contributed by atoms with E-state index in [4.69, 9.17) is 6.42 Å². The molecule has 60 valence electrons. The topological polar surface area (TPSA) is 3.24 Å². The van der Waals surface area contributed by atoms with Gasteiger partial charge in [-0.25, -0.2) is 0 Å². The average molecular weight is 149 g/mol. The maximum atomic E-state index is 5.33. The van der Waals surface area contributed by atoms with E-state index in [-0.39, 0.29) is 0 Å². The fourth-order valence-corrected chi connectivity index (χ4v) is 2.13. The van der Waals surface area contributed by atoms with Crippen LogP contribution in [0.3, 0.4) is 0 Å². The summed E-state index contributed by atoms with van der Waals surface area (Å²) in [6.07, 6.45) is 10.6. The van der Waals surface area contributed by atoms with Gasteiger partial charge in [-0.3, -0.25) is 0 Å². The van der Waals surface area contributed by atoms with Gasteiger partial charge in [-0.2, -0.15) is 0 Å². The van der Waals surface area contributed by atoms with Crippen molar-refractivity contribution in [2.45, 2.75) is 31.7 Å². The molecule has 1 aliphatic carbocycles. The first kappa shape index (κ1) is 7.18. The van der Waals surface area contributed by atoms with Crippen LogP contribution in [0, 0.1) is 18.3 Å². The fraction of sp³-hybridized carbons (Fsp3) is 0.800. The van der Waals surface area contributed by atoms with Crippen molar-refractivity contribution in [2.75, 3.05) is 13.1 Å². The normalized spacial score (nSPS) is 38.1. The van der Waals surface area contributed by atoms with Gasteiger partial charge in [-0.15, -0.1) is 12.3 Å². The van der Waals surface area contributed by atoms with E-state index in [1.807, 2.05) is 0 Å². The minimum Gasteiger partial charge on any atom is -0.300 e. The molecule has 0 atom stereocenters. The van der Waals surface area contributed by atoms with E-state index in [1.165, 1.54) is 38.8 Å². The molecule has 0 unspecified atom stereocenters. The highest BCUT2D eigenvalue weighted by Crippen LogP contribution is 2.32. The zero-order chi connectivity index (χ0) is 7.68. The van der Waals surface area contributed by atoms with Crippen LogP contribution in [-0.4, -0.2) is 24.0 Å². The van der Waals surface area contributed by atoms with Crippen LogP contribution in [-0.2, 0) is 0 Å². The van der Waals surface area contributed by atoms with Gasteiger partial charge in [0.05, 0.1) is 0 Å². The molecule has 1 aliphatic heterocycles. The first-order chi connectivity index (χ1) is 5.40. The molecule has 1 heteroatoms. The Labute approximate surface area is 68.8 Å². The Morgan fingerprint density at radius 2 is 1.82 bits per heavy atom. The molecule has 11 heavy (non-hydrogen) atoms. The monoisotopic (exact) mass is 149 g/mol. The van der Waals surface area contributed by atoms with E-state index in [9.17, 15) is 0 Å². The summed E-state index contributed by atoms with van der Waals surface area (Å²) in [5, 5.41) is 0. The minimum absolute atomic E-state index is 0.598. The highest BCUT2D eigenvalue weighted by molar-refractivity contribution is 5.03. The lowest BCUT2D eigenvalue weighted by molar-refractivity contribution is 0.127. The Hall–Kier alpha value is -0.480. The lowest BCUT2D eigenvalue weighted by atomic mass is 9.80. The molecule has 0 bridgehead atoms. The predicted octanol–water partition coefficient (Wildman–Crippen LogP) is 1.49. The Bertz CT molecular complexity index is 168. The van der Waals surface area contributed by atoms with Gasteiger partial charge >= 0.3 is 0 Å². The van der Waals surface area contributed by atoms with Crippen LogP contribution < -0.4 is 0 Å². The molecule has 0 aromatic carbocycles. The second kappa shape index (κ2) is 2.87. The van der Waals surface area contributed by atoms with Crippen LogP contribution in [0.15, 0.2) is 0 Å². The quantitative estimate of drug-likeness (QED) is 0.511. The van der Waals surface area contributed by atoms with Crippen LogP contribution in [0.4, 0.5) is 0 Å². The molecule has 2 rings (SSSR count). The number of likely N-dealkylation sites (tertiary alicyclic amines) is 1. The van der Waals surface area contributed by atoms with Crippen molar-refractivity contribution in [3.63, 3.8) is 0 Å². The van der Waals surface area contributed by atoms with Crippen molar-refractivity contribution >= 4 is 0 Å². The summed E-state index contributed by atoms with van der Waals surface area (Å²) in [6, 6.07) is 0.846. The second-order valence-corrected chi connectivity index (χ2v) is 3.73. The molecular weight excluding hydrogens is 134 g/mol. The van der Waals surface area contributed by atoms with E-state index < -0.39 is 0 Å². The van der Waals surface area contributed by atoms with Crippen molar-refractivity contribution in [3.05, 3.63) is 0 Å². The van der Waals surface area contributed by atoms with E-state index in [2.05, 4.69) is 10.8 Å². The smallest absolute Gasteiger partial charge is 0.0230 e. The van der Waals surface area contributed by atoms with Crippen LogP contribution in [0.5, 0.6) is 0 Å². The summed E-state index contributed by atoms with van der Waals surface area (Å²) in [7, 11) is 0. The van der Waals surface area contributed by atoms with Gasteiger partial charge in [0.25, 0.3) is 0 Å². The largest absolute Gasteiger partial charge is 0.300 e. The Balaban J connectivity index is 1.78. The SMILES string of the molecule is C#CC1CC(N2CCCC2)C1. The third-order valence-electron chi connectivity index (χ3n) is 3.01. The number of terminal acetylenes is 1. The molecule has 1 saturated heterocycles. The number of nitrogens with zero attached hydrogens (tertiary/aromatic N) is 1. The molecule has 2 fully saturated rings. The molecule has 1 saturated carbocycles. The molecular formula is C10H15N. The van der Waals surface area contributed by atoms with Gasteiger partial charge < -0.3 is 4.90 Å². The van der Waals surface area contributed by atoms with Crippen molar-refractivity contribution < 1.29 is 0 Å². The predicted molar refractivity (Wildman–Crippen MR) is 46.2 cm³/mol. The molecule has 0 amide bonds. The van der Waals surface area contributed by atoms with Crippen LogP contribution >= 0.6 is 0 Å². The van der Waals surface area contributed by atoms with E-state index in [0.717, 1.165) is 6.04 Å². The summed E-state index contributed by atoms with van der Waals surface area (Å²) in [5.74, 6) is 3.43. The summed E-state index contributed by atoms with van der Waals surface area (Å²) in [4.78, 5) is 2.60. The molecule has 0 spiro atoms. The zero-order valence-corrected chi connectivity index (χ0v) is 6.92. The van der Waals surface area contributed by atoms with Gasteiger partial charge in [0.15, 0.2) is 0 Å². The number of hydrogen-bond donors (Lipinski definition) is 0. The summed E-state index contributed by atoms with van der Waals surface area (Å²) >= 11 is 0. The Morgan fingerprint density at radius 1 is 1.18 bits per heavy atom. The van der Waals surface area contributed by atoms with Crippen LogP contribution in [0.2, 0.25) is 0 Å². The van der Waals surface area contributed by atoms with Gasteiger partial charge in [0.1, 0.15) is 0 Å². The zero-order valence-electron chi connectivity index (χ0n) is 6.92. The second-order valence-electron chi connectivity index (χ2n) is 3.73. The third-order valence-corrected chi connectivity index (χ3v) is 3.01. The van der Waals surface area contributed by atoms with E-state index in [0.29, 0.717) is 5.92 Å². The molecule has 1 heterocycles. The molecule has 0 aromatic rings. The standard InChI is InChI=1S/C10H15N/c1-2-9-7-10(8-9)11-5-3-4-6-11/h1,9-10H,3-8H2. The summed E-state index contributed by atoms with van der Waals surface area (Å²) in [5.41, 5.74) is 0. The highest BCUT2D eigenvalue weighted by Gasteiger charge is 2.33. The Kier molecular flexibility index (Phi) is 1.87. The first-order valence-electron chi connectivity index (χ1n) is 4.60. The van der Waals surface area contributed by atoms with Crippen molar-refractivity contribution in [1.82, 2.24) is 4.90 Å². The summed E-state index contributed by atoms with van der Waals surface area (Å²) in [6.45, 7) is 2.64.